The zero-order valence-corrected chi connectivity index (χ0v) is 13.3. The van der Waals surface area contributed by atoms with Crippen molar-refractivity contribution < 1.29 is 22.6 Å². The number of alkyl halides is 3. The maximum Gasteiger partial charge on any atom is 0.433 e. The standard InChI is InChI=1S/C15H21F3N4O2/c16-15(17,18)13-1-3-19-14(21-13)20-9-12(11-2-6-24-10-11)22-4-7-23-8-5-22/h1,3,11-12H,2,4-10H2,(H,19,20,21). The Morgan fingerprint density at radius 1 is 1.25 bits per heavy atom. The third-order valence-electron chi connectivity index (χ3n) is 4.44. The molecular weight excluding hydrogens is 325 g/mol. The lowest BCUT2D eigenvalue weighted by molar-refractivity contribution is -0.141. The fourth-order valence-corrected chi connectivity index (χ4v) is 3.16. The lowest BCUT2D eigenvalue weighted by atomic mass is 9.97. The molecule has 2 saturated heterocycles. The quantitative estimate of drug-likeness (QED) is 0.875. The average Bonchev–Trinajstić information content (AvgIpc) is 3.10. The molecule has 1 aromatic rings. The average molecular weight is 346 g/mol. The maximum absolute atomic E-state index is 12.7. The molecule has 2 fully saturated rings. The van der Waals surface area contributed by atoms with Crippen molar-refractivity contribution in [2.24, 2.45) is 5.92 Å². The van der Waals surface area contributed by atoms with E-state index in [1.807, 2.05) is 0 Å². The molecule has 134 valence electrons. The lowest BCUT2D eigenvalue weighted by Gasteiger charge is -2.37. The van der Waals surface area contributed by atoms with Crippen LogP contribution in [0.25, 0.3) is 0 Å². The van der Waals surface area contributed by atoms with Crippen molar-refractivity contribution in [2.45, 2.75) is 18.6 Å². The highest BCUT2D eigenvalue weighted by molar-refractivity contribution is 5.26. The molecule has 3 rings (SSSR count). The van der Waals surface area contributed by atoms with Crippen LogP contribution in [0.15, 0.2) is 12.3 Å². The highest BCUT2D eigenvalue weighted by Crippen LogP contribution is 2.28. The molecule has 1 N–H and O–H groups in total. The highest BCUT2D eigenvalue weighted by atomic mass is 19.4. The van der Waals surface area contributed by atoms with Crippen molar-refractivity contribution in [3.05, 3.63) is 18.0 Å². The Morgan fingerprint density at radius 3 is 2.71 bits per heavy atom. The minimum atomic E-state index is -4.47. The van der Waals surface area contributed by atoms with Gasteiger partial charge >= 0.3 is 6.18 Å². The SMILES string of the molecule is FC(F)(F)c1ccnc(NCC(C2CCOC2)N2CCOCC2)n1. The predicted molar refractivity (Wildman–Crippen MR) is 80.6 cm³/mol. The smallest absolute Gasteiger partial charge is 0.381 e. The van der Waals surface area contributed by atoms with E-state index in [9.17, 15) is 13.2 Å². The van der Waals surface area contributed by atoms with Crippen molar-refractivity contribution in [3.63, 3.8) is 0 Å². The topological polar surface area (TPSA) is 59.5 Å². The first-order chi connectivity index (χ1) is 11.5. The van der Waals surface area contributed by atoms with Crippen LogP contribution in [0, 0.1) is 5.92 Å². The fraction of sp³-hybridized carbons (Fsp3) is 0.733. The molecule has 3 heterocycles. The Labute approximate surface area is 138 Å². The molecule has 0 bridgehead atoms. The Kier molecular flexibility index (Phi) is 5.52. The monoisotopic (exact) mass is 346 g/mol. The van der Waals surface area contributed by atoms with Crippen LogP contribution in [0.2, 0.25) is 0 Å². The number of morpholine rings is 1. The fourth-order valence-electron chi connectivity index (χ4n) is 3.16. The van der Waals surface area contributed by atoms with Gasteiger partial charge in [0, 0.05) is 44.4 Å². The molecule has 9 heteroatoms. The Hall–Kier alpha value is -1.45. The van der Waals surface area contributed by atoms with Crippen molar-refractivity contribution in [1.29, 1.82) is 0 Å². The van der Waals surface area contributed by atoms with Gasteiger partial charge in [0.15, 0.2) is 0 Å². The molecule has 1 aromatic heterocycles. The van der Waals surface area contributed by atoms with Crippen molar-refractivity contribution in [3.8, 4) is 0 Å². The molecule has 0 radical (unpaired) electrons. The molecule has 0 spiro atoms. The van der Waals surface area contributed by atoms with Gasteiger partial charge in [0.25, 0.3) is 0 Å². The largest absolute Gasteiger partial charge is 0.433 e. The summed E-state index contributed by atoms with van der Waals surface area (Å²) < 4.78 is 49.1. The van der Waals surface area contributed by atoms with E-state index in [2.05, 4.69) is 20.2 Å². The van der Waals surface area contributed by atoms with Gasteiger partial charge in [0.1, 0.15) is 5.69 Å². The number of hydrogen-bond donors (Lipinski definition) is 1. The number of halogens is 3. The third kappa shape index (κ3) is 4.34. The molecular formula is C15H21F3N4O2. The van der Waals surface area contributed by atoms with Gasteiger partial charge in [-0.1, -0.05) is 0 Å². The Bertz CT molecular complexity index is 532. The summed E-state index contributed by atoms with van der Waals surface area (Å²) in [5.41, 5.74) is -0.938. The van der Waals surface area contributed by atoms with E-state index in [1.165, 1.54) is 0 Å². The van der Waals surface area contributed by atoms with Crippen molar-refractivity contribution >= 4 is 5.95 Å². The molecule has 6 nitrogen and oxygen atoms in total. The van der Waals surface area contributed by atoms with Crippen LogP contribution in [0.1, 0.15) is 12.1 Å². The summed E-state index contributed by atoms with van der Waals surface area (Å²) in [5, 5.41) is 2.97. The molecule has 0 amide bonds. The van der Waals surface area contributed by atoms with Gasteiger partial charge in [0.2, 0.25) is 5.95 Å². The summed E-state index contributed by atoms with van der Waals surface area (Å²) in [4.78, 5) is 9.77. The second-order valence-electron chi connectivity index (χ2n) is 5.98. The molecule has 2 aliphatic heterocycles. The first kappa shape index (κ1) is 17.4. The molecule has 2 unspecified atom stereocenters. The van der Waals surface area contributed by atoms with Crippen molar-refractivity contribution in [1.82, 2.24) is 14.9 Å². The number of nitrogens with one attached hydrogen (secondary N) is 1. The number of ether oxygens (including phenoxy) is 2. The van der Waals surface area contributed by atoms with Gasteiger partial charge in [-0.25, -0.2) is 9.97 Å². The van der Waals surface area contributed by atoms with Gasteiger partial charge in [-0.15, -0.1) is 0 Å². The number of hydrogen-bond acceptors (Lipinski definition) is 6. The van der Waals surface area contributed by atoms with Crippen LogP contribution in [0.3, 0.4) is 0 Å². The number of rotatable bonds is 5. The third-order valence-corrected chi connectivity index (χ3v) is 4.44. The van der Waals surface area contributed by atoms with E-state index >= 15 is 0 Å². The normalized spacial score (nSPS) is 24.0. The minimum absolute atomic E-state index is 0.00185. The summed E-state index contributed by atoms with van der Waals surface area (Å²) in [6, 6.07) is 1.03. The molecule has 2 atom stereocenters. The van der Waals surface area contributed by atoms with Gasteiger partial charge in [-0.3, -0.25) is 4.90 Å². The second-order valence-corrected chi connectivity index (χ2v) is 5.98. The summed E-state index contributed by atoms with van der Waals surface area (Å²) in [7, 11) is 0. The first-order valence-electron chi connectivity index (χ1n) is 8.07. The summed E-state index contributed by atoms with van der Waals surface area (Å²) >= 11 is 0. The lowest BCUT2D eigenvalue weighted by Crippen LogP contribution is -2.50. The predicted octanol–water partition coefficient (Wildman–Crippen LogP) is 1.64. The Morgan fingerprint density at radius 2 is 2.04 bits per heavy atom. The highest BCUT2D eigenvalue weighted by Gasteiger charge is 2.34. The van der Waals surface area contributed by atoms with E-state index in [1.54, 1.807) is 0 Å². The number of aromatic nitrogens is 2. The summed E-state index contributed by atoms with van der Waals surface area (Å²) in [6.45, 7) is 4.85. The van der Waals surface area contributed by atoms with Crippen LogP contribution in [0.4, 0.5) is 19.1 Å². The molecule has 2 aliphatic rings. The van der Waals surface area contributed by atoms with Gasteiger partial charge in [-0.2, -0.15) is 13.2 Å². The second kappa shape index (κ2) is 7.62. The molecule has 0 aliphatic carbocycles. The van der Waals surface area contributed by atoms with E-state index in [0.717, 1.165) is 38.4 Å². The van der Waals surface area contributed by atoms with Crippen LogP contribution >= 0.6 is 0 Å². The van der Waals surface area contributed by atoms with Crippen LogP contribution in [-0.4, -0.2) is 67.0 Å². The van der Waals surface area contributed by atoms with E-state index in [-0.39, 0.29) is 12.0 Å². The minimum Gasteiger partial charge on any atom is -0.381 e. The van der Waals surface area contributed by atoms with Gasteiger partial charge in [-0.05, 0) is 12.5 Å². The van der Waals surface area contributed by atoms with E-state index < -0.39 is 11.9 Å². The first-order valence-corrected chi connectivity index (χ1v) is 8.07. The van der Waals surface area contributed by atoms with Crippen LogP contribution in [-0.2, 0) is 15.7 Å². The zero-order valence-electron chi connectivity index (χ0n) is 13.3. The molecule has 24 heavy (non-hydrogen) atoms. The van der Waals surface area contributed by atoms with Gasteiger partial charge in [0.05, 0.1) is 19.8 Å². The van der Waals surface area contributed by atoms with Crippen molar-refractivity contribution in [2.75, 3.05) is 51.4 Å². The van der Waals surface area contributed by atoms with Crippen LogP contribution in [0.5, 0.6) is 0 Å². The summed E-state index contributed by atoms with van der Waals surface area (Å²) in [5.74, 6) is 0.350. The molecule has 0 aromatic carbocycles. The summed E-state index contributed by atoms with van der Waals surface area (Å²) in [6.07, 6.45) is -2.39. The van der Waals surface area contributed by atoms with Gasteiger partial charge < -0.3 is 14.8 Å². The Balaban J connectivity index is 1.66. The molecule has 0 saturated carbocycles. The maximum atomic E-state index is 12.7. The van der Waals surface area contributed by atoms with E-state index in [0.29, 0.717) is 32.3 Å². The zero-order chi connectivity index (χ0) is 17.0. The number of nitrogens with zero attached hydrogens (tertiary/aromatic N) is 3. The number of anilines is 1. The van der Waals surface area contributed by atoms with Crippen LogP contribution < -0.4 is 5.32 Å². The van der Waals surface area contributed by atoms with E-state index in [4.69, 9.17) is 9.47 Å².